The minimum absolute atomic E-state index is 0.331. The van der Waals surface area contributed by atoms with Crippen LogP contribution in [0.1, 0.15) is 46.5 Å². The van der Waals surface area contributed by atoms with Crippen LogP contribution in [0.25, 0.3) is 0 Å². The number of rotatable bonds is 3. The summed E-state index contributed by atoms with van der Waals surface area (Å²) in [6.45, 7) is 12.6. The third-order valence-electron chi connectivity index (χ3n) is 4.19. The Morgan fingerprint density at radius 1 is 0.941 bits per heavy atom. The van der Waals surface area contributed by atoms with Crippen LogP contribution < -0.4 is 21.5 Å². The SMILES string of the molecule is CC1CCN([I-]C2CCN(C(C)C)CC2)CC1. The van der Waals surface area contributed by atoms with Gasteiger partial charge in [0.05, 0.1) is 0 Å². The molecule has 0 aromatic heterocycles. The maximum atomic E-state index is 2.83. The third kappa shape index (κ3) is 4.35. The van der Waals surface area contributed by atoms with Gasteiger partial charge in [0.15, 0.2) is 0 Å². The molecule has 0 saturated carbocycles. The van der Waals surface area contributed by atoms with E-state index in [0.717, 1.165) is 15.9 Å². The van der Waals surface area contributed by atoms with Crippen molar-refractivity contribution in [2.45, 2.75) is 56.4 Å². The van der Waals surface area contributed by atoms with Crippen molar-refractivity contribution in [3.05, 3.63) is 0 Å². The predicted molar refractivity (Wildman–Crippen MR) is 69.7 cm³/mol. The predicted octanol–water partition coefficient (Wildman–Crippen LogP) is -0.405. The molecule has 0 atom stereocenters. The molecule has 17 heavy (non-hydrogen) atoms. The van der Waals surface area contributed by atoms with E-state index in [1.807, 2.05) is 0 Å². The van der Waals surface area contributed by atoms with Gasteiger partial charge in [-0.15, -0.1) is 0 Å². The second-order valence-corrected chi connectivity index (χ2v) is 9.68. The summed E-state index contributed by atoms with van der Waals surface area (Å²) in [7, 11) is 0. The molecule has 0 spiro atoms. The standard InChI is InChI=1S/C14H28IN2/c1-12(2)16-8-6-14(7-9-16)15-17-10-4-13(3)5-11-17/h12-14H,4-11H2,1-3H3/q-1. The molecule has 0 amide bonds. The van der Waals surface area contributed by atoms with E-state index in [1.54, 1.807) is 0 Å². The summed E-state index contributed by atoms with van der Waals surface area (Å²) in [5.74, 6) is 0.984. The fraction of sp³-hybridized carbons (Fsp3) is 1.00. The van der Waals surface area contributed by atoms with Gasteiger partial charge in [-0.2, -0.15) is 0 Å². The van der Waals surface area contributed by atoms with E-state index in [-0.39, 0.29) is 0 Å². The molecule has 102 valence electrons. The molecule has 0 N–H and O–H groups in total. The molecule has 0 aromatic carbocycles. The number of hydrogen-bond donors (Lipinski definition) is 0. The van der Waals surface area contributed by atoms with E-state index < -0.39 is 0 Å². The van der Waals surface area contributed by atoms with Gasteiger partial charge in [-0.05, 0) is 0 Å². The number of nitrogens with zero attached hydrogens (tertiary/aromatic N) is 2. The Labute approximate surface area is 118 Å². The summed E-state index contributed by atoms with van der Waals surface area (Å²) in [5.41, 5.74) is 0. The number of alkyl halides is 1. The first-order chi connectivity index (χ1) is 8.15. The molecule has 2 heterocycles. The molecule has 2 nitrogen and oxygen atoms in total. The van der Waals surface area contributed by atoms with Crippen molar-refractivity contribution in [1.29, 1.82) is 0 Å². The summed E-state index contributed by atoms with van der Waals surface area (Å²) < 4.78 is 3.91. The maximum absolute atomic E-state index is 2.83. The van der Waals surface area contributed by atoms with Crippen molar-refractivity contribution in [3.63, 3.8) is 0 Å². The fourth-order valence-corrected chi connectivity index (χ4v) is 6.09. The Bertz CT molecular complexity index is 216. The van der Waals surface area contributed by atoms with Crippen LogP contribution in [0.3, 0.4) is 0 Å². The molecule has 0 unspecified atom stereocenters. The Kier molecular flexibility index (Phi) is 5.55. The van der Waals surface area contributed by atoms with Crippen LogP contribution in [0.5, 0.6) is 0 Å². The van der Waals surface area contributed by atoms with Crippen molar-refractivity contribution in [1.82, 2.24) is 8.01 Å². The van der Waals surface area contributed by atoms with Gasteiger partial charge in [-0.3, -0.25) is 0 Å². The summed E-state index contributed by atoms with van der Waals surface area (Å²) in [6.07, 6.45) is 5.84. The molecule has 2 rings (SSSR count). The van der Waals surface area contributed by atoms with Crippen molar-refractivity contribution < 1.29 is 21.5 Å². The van der Waals surface area contributed by atoms with E-state index in [9.17, 15) is 0 Å². The monoisotopic (exact) mass is 351 g/mol. The summed E-state index contributed by atoms with van der Waals surface area (Å²) in [6, 6.07) is 0.755. The Morgan fingerprint density at radius 3 is 2.06 bits per heavy atom. The molecule has 2 aliphatic rings. The second kappa shape index (κ2) is 6.71. The fourth-order valence-electron chi connectivity index (χ4n) is 2.75. The van der Waals surface area contributed by atoms with Crippen molar-refractivity contribution >= 4 is 0 Å². The molecule has 0 aromatic rings. The summed E-state index contributed by atoms with van der Waals surface area (Å²) in [5, 5.41) is 0. The molecular weight excluding hydrogens is 323 g/mol. The van der Waals surface area contributed by atoms with E-state index in [2.05, 4.69) is 28.8 Å². The topological polar surface area (TPSA) is 6.48 Å². The first-order valence-electron chi connectivity index (χ1n) is 7.28. The van der Waals surface area contributed by atoms with Crippen LogP contribution in [-0.2, 0) is 0 Å². The van der Waals surface area contributed by atoms with Crippen molar-refractivity contribution in [2.24, 2.45) is 5.92 Å². The molecule has 3 heteroatoms. The zero-order chi connectivity index (χ0) is 12.3. The molecular formula is C14H28IN2-. The molecule has 0 aliphatic carbocycles. The number of piperidine rings is 2. The Morgan fingerprint density at radius 2 is 1.53 bits per heavy atom. The van der Waals surface area contributed by atoms with E-state index in [4.69, 9.17) is 0 Å². The van der Waals surface area contributed by atoms with Crippen LogP contribution >= 0.6 is 0 Å². The molecule has 2 fully saturated rings. The first-order valence-corrected chi connectivity index (χ1v) is 9.49. The van der Waals surface area contributed by atoms with Gasteiger partial charge in [0, 0.05) is 0 Å². The Balaban J connectivity index is 1.67. The van der Waals surface area contributed by atoms with Gasteiger partial charge >= 0.3 is 118 Å². The number of halogens is 1. The zero-order valence-corrected chi connectivity index (χ0v) is 13.8. The van der Waals surface area contributed by atoms with Gasteiger partial charge in [-0.1, -0.05) is 0 Å². The molecule has 0 bridgehead atoms. The minimum atomic E-state index is 0.331. The molecule has 2 aliphatic heterocycles. The van der Waals surface area contributed by atoms with Crippen LogP contribution in [0, 0.1) is 5.92 Å². The first kappa shape index (κ1) is 14.1. The summed E-state index contributed by atoms with van der Waals surface area (Å²) >= 11 is 0.331. The molecule has 0 radical (unpaired) electrons. The van der Waals surface area contributed by atoms with E-state index in [1.165, 1.54) is 51.9 Å². The average Bonchev–Trinajstić information content (AvgIpc) is 2.33. The van der Waals surface area contributed by atoms with Crippen molar-refractivity contribution in [3.8, 4) is 0 Å². The van der Waals surface area contributed by atoms with E-state index in [0.29, 0.717) is 21.5 Å². The zero-order valence-electron chi connectivity index (χ0n) is 11.7. The van der Waals surface area contributed by atoms with Gasteiger partial charge in [-0.25, -0.2) is 0 Å². The quantitative estimate of drug-likeness (QED) is 0.388. The van der Waals surface area contributed by atoms with E-state index >= 15 is 0 Å². The van der Waals surface area contributed by atoms with Gasteiger partial charge in [0.2, 0.25) is 0 Å². The number of likely N-dealkylation sites (tertiary alicyclic amines) is 1. The van der Waals surface area contributed by atoms with Gasteiger partial charge in [0.25, 0.3) is 0 Å². The van der Waals surface area contributed by atoms with Gasteiger partial charge < -0.3 is 0 Å². The average molecular weight is 351 g/mol. The second-order valence-electron chi connectivity index (χ2n) is 5.99. The van der Waals surface area contributed by atoms with Crippen LogP contribution in [0.15, 0.2) is 0 Å². The van der Waals surface area contributed by atoms with Crippen molar-refractivity contribution in [2.75, 3.05) is 26.2 Å². The normalized spacial score (nSPS) is 27.1. The van der Waals surface area contributed by atoms with Gasteiger partial charge in [0.1, 0.15) is 0 Å². The summed E-state index contributed by atoms with van der Waals surface area (Å²) in [4.78, 5) is 2.65. The van der Waals surface area contributed by atoms with Crippen LogP contribution in [-0.4, -0.2) is 44.2 Å². The third-order valence-corrected chi connectivity index (χ3v) is 7.98. The number of hydrogen-bond acceptors (Lipinski definition) is 2. The Hall–Kier alpha value is 0.650. The van der Waals surface area contributed by atoms with Crippen LogP contribution in [0.2, 0.25) is 0 Å². The molecule has 2 saturated heterocycles. The van der Waals surface area contributed by atoms with Crippen LogP contribution in [0.4, 0.5) is 0 Å².